The van der Waals surface area contributed by atoms with Crippen molar-refractivity contribution < 1.29 is 9.59 Å². The van der Waals surface area contributed by atoms with E-state index in [0.29, 0.717) is 11.4 Å². The molecule has 0 spiro atoms. The Morgan fingerprint density at radius 2 is 2.05 bits per heavy atom. The molecular weight excluding hydrogens is 244 g/mol. The molecule has 0 saturated carbocycles. The molecule has 0 aromatic carbocycles. The highest BCUT2D eigenvalue weighted by molar-refractivity contribution is 5.95. The molecule has 0 atom stereocenters. The molecular formula is C13H20N4O2. The summed E-state index contributed by atoms with van der Waals surface area (Å²) in [6.07, 6.45) is 1.12. The van der Waals surface area contributed by atoms with Crippen LogP contribution in [0.1, 0.15) is 35.8 Å². The van der Waals surface area contributed by atoms with Crippen LogP contribution in [-0.4, -0.2) is 29.9 Å². The Morgan fingerprint density at radius 1 is 1.32 bits per heavy atom. The average Bonchev–Trinajstić information content (AvgIpc) is 2.35. The maximum absolute atomic E-state index is 11.9. The zero-order valence-corrected chi connectivity index (χ0v) is 11.3. The van der Waals surface area contributed by atoms with Crippen LogP contribution in [0.5, 0.6) is 0 Å². The third-order valence-electron chi connectivity index (χ3n) is 2.43. The molecule has 0 aliphatic carbocycles. The summed E-state index contributed by atoms with van der Waals surface area (Å²) in [5.74, 6) is 0.0183. The summed E-state index contributed by atoms with van der Waals surface area (Å²) in [6.45, 7) is 4.93. The second kappa shape index (κ2) is 7.35. The van der Waals surface area contributed by atoms with Crippen molar-refractivity contribution in [2.45, 2.75) is 26.7 Å². The molecule has 104 valence electrons. The van der Waals surface area contributed by atoms with Gasteiger partial charge in [-0.1, -0.05) is 6.92 Å². The first-order valence-electron chi connectivity index (χ1n) is 6.32. The van der Waals surface area contributed by atoms with Crippen molar-refractivity contribution in [3.8, 4) is 0 Å². The number of pyridine rings is 1. The summed E-state index contributed by atoms with van der Waals surface area (Å²) in [5.41, 5.74) is 6.30. The lowest BCUT2D eigenvalue weighted by Gasteiger charge is -2.08. The summed E-state index contributed by atoms with van der Waals surface area (Å²) in [6, 6.07) is 3.40. The molecule has 1 rings (SSSR count). The fourth-order valence-electron chi connectivity index (χ4n) is 1.54. The maximum Gasteiger partial charge on any atom is 0.251 e. The third kappa shape index (κ3) is 5.37. The Kier molecular flexibility index (Phi) is 5.78. The number of carbonyl (C=O) groups is 2. The van der Waals surface area contributed by atoms with E-state index in [1.165, 1.54) is 0 Å². The summed E-state index contributed by atoms with van der Waals surface area (Å²) in [7, 11) is 0. The molecule has 1 heterocycles. The zero-order chi connectivity index (χ0) is 14.3. The van der Waals surface area contributed by atoms with Crippen LogP contribution in [0.2, 0.25) is 0 Å². The lowest BCUT2D eigenvalue weighted by atomic mass is 10.2. The van der Waals surface area contributed by atoms with Gasteiger partial charge in [0.15, 0.2) is 0 Å². The highest BCUT2D eigenvalue weighted by Crippen LogP contribution is 2.10. The molecule has 19 heavy (non-hydrogen) atoms. The quantitative estimate of drug-likeness (QED) is 0.679. The second-order valence-electron chi connectivity index (χ2n) is 4.28. The van der Waals surface area contributed by atoms with Crippen LogP contribution in [0, 0.1) is 6.92 Å². The van der Waals surface area contributed by atoms with Crippen LogP contribution in [0.25, 0.3) is 0 Å². The minimum atomic E-state index is -0.434. The van der Waals surface area contributed by atoms with E-state index in [9.17, 15) is 9.59 Å². The normalized spacial score (nSPS) is 10.0. The van der Waals surface area contributed by atoms with Crippen molar-refractivity contribution in [2.24, 2.45) is 5.73 Å². The number of rotatable bonds is 7. The summed E-state index contributed by atoms with van der Waals surface area (Å²) in [4.78, 5) is 26.8. The highest BCUT2D eigenvalue weighted by Gasteiger charge is 2.08. The number of amides is 2. The molecule has 0 bridgehead atoms. The molecule has 0 aliphatic heterocycles. The van der Waals surface area contributed by atoms with Gasteiger partial charge >= 0.3 is 0 Å². The molecule has 0 unspecified atom stereocenters. The predicted molar refractivity (Wildman–Crippen MR) is 73.9 cm³/mol. The number of primary amides is 1. The number of anilines is 1. The largest absolute Gasteiger partial charge is 0.370 e. The highest BCUT2D eigenvalue weighted by atomic mass is 16.2. The number of hydrogen-bond donors (Lipinski definition) is 3. The van der Waals surface area contributed by atoms with Gasteiger partial charge in [0, 0.05) is 30.8 Å². The molecule has 0 saturated heterocycles. The van der Waals surface area contributed by atoms with Crippen molar-refractivity contribution in [1.29, 1.82) is 0 Å². The fourth-order valence-corrected chi connectivity index (χ4v) is 1.54. The summed E-state index contributed by atoms with van der Waals surface area (Å²) >= 11 is 0. The molecule has 1 aromatic rings. The van der Waals surface area contributed by atoms with Gasteiger partial charge in [0.2, 0.25) is 5.91 Å². The van der Waals surface area contributed by atoms with Crippen molar-refractivity contribution in [3.05, 3.63) is 23.4 Å². The van der Waals surface area contributed by atoms with E-state index in [1.54, 1.807) is 12.1 Å². The van der Waals surface area contributed by atoms with Crippen molar-refractivity contribution >= 4 is 17.6 Å². The van der Waals surface area contributed by atoms with Crippen LogP contribution >= 0.6 is 0 Å². The first-order valence-corrected chi connectivity index (χ1v) is 6.32. The van der Waals surface area contributed by atoms with E-state index in [1.807, 2.05) is 6.92 Å². The van der Waals surface area contributed by atoms with Gasteiger partial charge in [-0.2, -0.15) is 0 Å². The molecule has 6 nitrogen and oxygen atoms in total. The lowest BCUT2D eigenvalue weighted by Crippen LogP contribution is -2.28. The van der Waals surface area contributed by atoms with Crippen molar-refractivity contribution in [1.82, 2.24) is 10.3 Å². The second-order valence-corrected chi connectivity index (χ2v) is 4.28. The number of aromatic nitrogens is 1. The lowest BCUT2D eigenvalue weighted by molar-refractivity contribution is -0.117. The number of aryl methyl sites for hydroxylation is 1. The standard InChI is InChI=1S/C13H20N4O2/c1-3-5-15-12-8-10(7-9(2)17-12)13(19)16-6-4-11(14)18/h7-8H,3-6H2,1-2H3,(H2,14,18)(H,15,17)(H,16,19). The average molecular weight is 264 g/mol. The third-order valence-corrected chi connectivity index (χ3v) is 2.43. The molecule has 4 N–H and O–H groups in total. The summed E-state index contributed by atoms with van der Waals surface area (Å²) < 4.78 is 0. The Balaban J connectivity index is 2.67. The minimum absolute atomic E-state index is 0.136. The van der Waals surface area contributed by atoms with Gasteiger partial charge in [-0.05, 0) is 25.5 Å². The molecule has 2 amide bonds. The van der Waals surface area contributed by atoms with Crippen LogP contribution < -0.4 is 16.4 Å². The Bertz CT molecular complexity index is 460. The van der Waals surface area contributed by atoms with Crippen LogP contribution in [0.4, 0.5) is 5.82 Å². The van der Waals surface area contributed by atoms with Gasteiger partial charge in [0.05, 0.1) is 0 Å². The molecule has 0 fully saturated rings. The van der Waals surface area contributed by atoms with E-state index < -0.39 is 5.91 Å². The Hall–Kier alpha value is -2.11. The molecule has 0 aliphatic rings. The van der Waals surface area contributed by atoms with E-state index in [-0.39, 0.29) is 18.9 Å². The topological polar surface area (TPSA) is 97.1 Å². The van der Waals surface area contributed by atoms with Crippen molar-refractivity contribution in [3.63, 3.8) is 0 Å². The van der Waals surface area contributed by atoms with E-state index in [2.05, 4.69) is 22.5 Å². The van der Waals surface area contributed by atoms with Gasteiger partial charge < -0.3 is 16.4 Å². The fraction of sp³-hybridized carbons (Fsp3) is 0.462. The van der Waals surface area contributed by atoms with Crippen LogP contribution in [0.15, 0.2) is 12.1 Å². The number of nitrogens with one attached hydrogen (secondary N) is 2. The Labute approximate surface area is 112 Å². The van der Waals surface area contributed by atoms with Gasteiger partial charge in [0.25, 0.3) is 5.91 Å². The monoisotopic (exact) mass is 264 g/mol. The SMILES string of the molecule is CCCNc1cc(C(=O)NCCC(N)=O)cc(C)n1. The van der Waals surface area contributed by atoms with Crippen LogP contribution in [-0.2, 0) is 4.79 Å². The number of carbonyl (C=O) groups excluding carboxylic acids is 2. The maximum atomic E-state index is 11.9. The summed E-state index contributed by atoms with van der Waals surface area (Å²) in [5, 5.41) is 5.79. The molecule has 1 aromatic heterocycles. The number of nitrogens with two attached hydrogens (primary N) is 1. The first kappa shape index (κ1) is 14.9. The minimum Gasteiger partial charge on any atom is -0.370 e. The smallest absolute Gasteiger partial charge is 0.251 e. The van der Waals surface area contributed by atoms with Crippen molar-refractivity contribution in [2.75, 3.05) is 18.4 Å². The van der Waals surface area contributed by atoms with E-state index >= 15 is 0 Å². The first-order chi connectivity index (χ1) is 9.02. The van der Waals surface area contributed by atoms with E-state index in [0.717, 1.165) is 18.7 Å². The number of hydrogen-bond acceptors (Lipinski definition) is 4. The predicted octanol–water partition coefficient (Wildman–Crippen LogP) is 0.817. The van der Waals surface area contributed by atoms with Gasteiger partial charge in [0.1, 0.15) is 5.82 Å². The van der Waals surface area contributed by atoms with Gasteiger partial charge in [-0.3, -0.25) is 9.59 Å². The van der Waals surface area contributed by atoms with Crippen LogP contribution in [0.3, 0.4) is 0 Å². The van der Waals surface area contributed by atoms with Gasteiger partial charge in [-0.15, -0.1) is 0 Å². The number of nitrogens with zero attached hydrogens (tertiary/aromatic N) is 1. The Morgan fingerprint density at radius 3 is 2.68 bits per heavy atom. The molecule has 6 heteroatoms. The van der Waals surface area contributed by atoms with E-state index in [4.69, 9.17) is 5.73 Å². The zero-order valence-electron chi connectivity index (χ0n) is 11.3. The van der Waals surface area contributed by atoms with Gasteiger partial charge in [-0.25, -0.2) is 4.98 Å². The molecule has 0 radical (unpaired) electrons.